The first kappa shape index (κ1) is 36.4. The van der Waals surface area contributed by atoms with Crippen LogP contribution in [0.2, 0.25) is 0 Å². The zero-order valence-electron chi connectivity index (χ0n) is 28.2. The van der Waals surface area contributed by atoms with Gasteiger partial charge in [0, 0.05) is 0 Å². The van der Waals surface area contributed by atoms with Crippen molar-refractivity contribution in [3.05, 3.63) is 119 Å². The molecule has 0 aliphatic heterocycles. The van der Waals surface area contributed by atoms with E-state index in [1.807, 2.05) is 45.0 Å². The number of hydrogen-bond acceptors (Lipinski definition) is 3. The summed E-state index contributed by atoms with van der Waals surface area (Å²) >= 11 is 0. The maximum Gasteiger partial charge on any atom is 0.120 e. The second kappa shape index (κ2) is 18.8. The largest absolute Gasteiger partial charge is 0.508 e. The fourth-order valence-corrected chi connectivity index (χ4v) is 4.58. The molecule has 0 saturated heterocycles. The van der Waals surface area contributed by atoms with Crippen LogP contribution >= 0.6 is 0 Å². The van der Waals surface area contributed by atoms with Gasteiger partial charge in [0.05, 0.1) is 12.2 Å². The van der Waals surface area contributed by atoms with Crippen molar-refractivity contribution in [1.29, 1.82) is 0 Å². The summed E-state index contributed by atoms with van der Waals surface area (Å²) in [6, 6.07) is 26.4. The van der Waals surface area contributed by atoms with Crippen molar-refractivity contribution in [2.75, 3.05) is 0 Å². The predicted octanol–water partition coefficient (Wildman–Crippen LogP) is 10.7. The number of allylic oxidation sites excluding steroid dienone is 1. The van der Waals surface area contributed by atoms with Gasteiger partial charge in [0.25, 0.3) is 0 Å². The Morgan fingerprint density at radius 2 is 1.27 bits per heavy atom. The van der Waals surface area contributed by atoms with E-state index in [9.17, 15) is 10.2 Å². The third-order valence-electron chi connectivity index (χ3n) is 6.39. The average molecular weight is 595 g/mol. The van der Waals surface area contributed by atoms with E-state index in [2.05, 4.69) is 102 Å². The fraction of sp³-hybridized carbons (Fsp3) is 0.366. The lowest BCUT2D eigenvalue weighted by molar-refractivity contribution is 0.195. The molecule has 44 heavy (non-hydrogen) atoms. The molecule has 2 N–H and O–H groups in total. The van der Waals surface area contributed by atoms with Gasteiger partial charge in [-0.05, 0) is 115 Å². The van der Waals surface area contributed by atoms with Crippen LogP contribution < -0.4 is 4.74 Å². The van der Waals surface area contributed by atoms with Gasteiger partial charge in [-0.3, -0.25) is 0 Å². The molecule has 0 aromatic heterocycles. The monoisotopic (exact) mass is 594 g/mol. The molecule has 0 heterocycles. The third kappa shape index (κ3) is 14.1. The Balaban J connectivity index is 0.000000299. The van der Waals surface area contributed by atoms with Crippen molar-refractivity contribution in [1.82, 2.24) is 0 Å². The van der Waals surface area contributed by atoms with Gasteiger partial charge in [-0.25, -0.2) is 0 Å². The Morgan fingerprint density at radius 1 is 0.682 bits per heavy atom. The van der Waals surface area contributed by atoms with E-state index >= 15 is 0 Å². The van der Waals surface area contributed by atoms with E-state index in [1.165, 1.54) is 16.5 Å². The molecule has 0 spiro atoms. The van der Waals surface area contributed by atoms with Gasteiger partial charge in [0.1, 0.15) is 11.5 Å². The van der Waals surface area contributed by atoms with Crippen LogP contribution in [0.4, 0.5) is 0 Å². The number of aliphatic hydroxyl groups excluding tert-OH is 1. The molecule has 4 aromatic carbocycles. The number of ether oxygens (including phenoxy) is 1. The molecule has 0 aliphatic carbocycles. The second-order valence-corrected chi connectivity index (χ2v) is 12.8. The fourth-order valence-electron chi connectivity index (χ4n) is 4.58. The molecule has 0 amide bonds. The highest BCUT2D eigenvalue weighted by molar-refractivity contribution is 5.84. The van der Waals surface area contributed by atoms with Crippen molar-refractivity contribution in [2.24, 2.45) is 11.8 Å². The van der Waals surface area contributed by atoms with E-state index in [-0.39, 0.29) is 12.2 Å². The van der Waals surface area contributed by atoms with Crippen molar-refractivity contribution in [2.45, 2.75) is 86.9 Å². The summed E-state index contributed by atoms with van der Waals surface area (Å²) in [5, 5.41) is 21.1. The molecular weight excluding hydrogens is 540 g/mol. The summed E-state index contributed by atoms with van der Waals surface area (Å²) in [4.78, 5) is 0. The number of fused-ring (bicyclic) bond motifs is 1. The lowest BCUT2D eigenvalue weighted by atomic mass is 10.00. The summed E-state index contributed by atoms with van der Waals surface area (Å²) in [7, 11) is 0. The van der Waals surface area contributed by atoms with E-state index in [1.54, 1.807) is 12.1 Å². The molecule has 236 valence electrons. The quantitative estimate of drug-likeness (QED) is 0.192. The van der Waals surface area contributed by atoms with E-state index in [0.717, 1.165) is 46.6 Å². The molecule has 1 unspecified atom stereocenters. The number of phenolic OH excluding ortho intramolecular Hbond substituents is 1. The lowest BCUT2D eigenvalue weighted by Gasteiger charge is -2.11. The SMILES string of the molecule is C=Cc1ccc(OC(C)C)cc1/C=C\Cc1ccc(CC(C)O)cc1.CC(C)C.CC(C)Cc1ccc2cc(O)ccc2c1. The molecule has 0 aliphatic rings. The lowest BCUT2D eigenvalue weighted by Crippen LogP contribution is -2.05. The molecule has 1 atom stereocenters. The van der Waals surface area contributed by atoms with Crippen molar-refractivity contribution >= 4 is 22.9 Å². The predicted molar refractivity (Wildman–Crippen MR) is 192 cm³/mol. The minimum atomic E-state index is -0.302. The average Bonchev–Trinajstić information content (AvgIpc) is 2.93. The van der Waals surface area contributed by atoms with Crippen LogP contribution in [0.15, 0.2) is 91.5 Å². The van der Waals surface area contributed by atoms with Gasteiger partial charge in [-0.1, -0.05) is 114 Å². The van der Waals surface area contributed by atoms with Gasteiger partial charge in [0.2, 0.25) is 0 Å². The highest BCUT2D eigenvalue weighted by Crippen LogP contribution is 2.23. The first-order chi connectivity index (χ1) is 20.9. The molecule has 3 nitrogen and oxygen atoms in total. The number of benzene rings is 4. The Bertz CT molecular complexity index is 1440. The van der Waals surface area contributed by atoms with Crippen molar-refractivity contribution in [3.8, 4) is 11.5 Å². The van der Waals surface area contributed by atoms with Crippen LogP contribution in [-0.4, -0.2) is 22.4 Å². The van der Waals surface area contributed by atoms with Gasteiger partial charge < -0.3 is 14.9 Å². The molecule has 4 rings (SSSR count). The second-order valence-electron chi connectivity index (χ2n) is 12.8. The van der Waals surface area contributed by atoms with Crippen LogP contribution in [0, 0.1) is 11.8 Å². The van der Waals surface area contributed by atoms with Gasteiger partial charge in [-0.2, -0.15) is 0 Å². The minimum absolute atomic E-state index is 0.159. The smallest absolute Gasteiger partial charge is 0.120 e. The zero-order chi connectivity index (χ0) is 32.6. The number of rotatable bonds is 10. The van der Waals surface area contributed by atoms with Crippen LogP contribution in [0.3, 0.4) is 0 Å². The Kier molecular flexibility index (Phi) is 15.5. The molecule has 3 heteroatoms. The minimum Gasteiger partial charge on any atom is -0.508 e. The molecule has 0 saturated carbocycles. The topological polar surface area (TPSA) is 49.7 Å². The van der Waals surface area contributed by atoms with Gasteiger partial charge in [0.15, 0.2) is 0 Å². The maximum atomic E-state index is 9.44. The summed E-state index contributed by atoms with van der Waals surface area (Å²) in [6.07, 6.45) is 8.66. The van der Waals surface area contributed by atoms with Crippen LogP contribution in [0.5, 0.6) is 11.5 Å². The van der Waals surface area contributed by atoms with Crippen LogP contribution in [-0.2, 0) is 19.3 Å². The van der Waals surface area contributed by atoms with Crippen LogP contribution in [0.1, 0.15) is 83.2 Å². The van der Waals surface area contributed by atoms with Crippen molar-refractivity contribution in [3.63, 3.8) is 0 Å². The van der Waals surface area contributed by atoms with E-state index < -0.39 is 0 Å². The van der Waals surface area contributed by atoms with E-state index in [0.29, 0.717) is 18.1 Å². The number of aromatic hydroxyl groups is 1. The Hall–Kier alpha value is -3.82. The summed E-state index contributed by atoms with van der Waals surface area (Å²) in [5.41, 5.74) is 5.98. The zero-order valence-corrected chi connectivity index (χ0v) is 28.2. The number of phenols is 1. The molecule has 4 aromatic rings. The standard InChI is InChI=1S/C23H28O2.C14H16O.C4H10/c1-5-21-13-14-23(25-17(2)3)16-22(21)8-6-7-19-9-11-20(12-10-19)15-18(4)24;1-10(2)7-11-3-4-13-9-14(15)6-5-12(13)8-11;1-4(2)3/h5-6,8-14,16-18,24H,1,7,15H2,2-4H3;3-6,8-10,15H,7H2,1-2H3;4H,1-3H3/b8-6-;;. The summed E-state index contributed by atoms with van der Waals surface area (Å²) < 4.78 is 5.78. The van der Waals surface area contributed by atoms with E-state index in [4.69, 9.17) is 4.74 Å². The molecular formula is C41H54O3. The highest BCUT2D eigenvalue weighted by atomic mass is 16.5. The highest BCUT2D eigenvalue weighted by Gasteiger charge is 2.03. The maximum absolute atomic E-state index is 9.44. The van der Waals surface area contributed by atoms with Gasteiger partial charge in [-0.15, -0.1) is 0 Å². The first-order valence-corrected chi connectivity index (χ1v) is 15.9. The summed E-state index contributed by atoms with van der Waals surface area (Å²) in [5.74, 6) is 2.72. The first-order valence-electron chi connectivity index (χ1n) is 15.9. The third-order valence-corrected chi connectivity index (χ3v) is 6.39. The molecule has 0 bridgehead atoms. The van der Waals surface area contributed by atoms with Crippen molar-refractivity contribution < 1.29 is 14.9 Å². The number of hydrogen-bond donors (Lipinski definition) is 2. The normalized spacial score (nSPS) is 11.7. The number of aliphatic hydroxyl groups is 1. The Labute approximate surface area is 266 Å². The Morgan fingerprint density at radius 3 is 1.86 bits per heavy atom. The van der Waals surface area contributed by atoms with Gasteiger partial charge >= 0.3 is 0 Å². The van der Waals surface area contributed by atoms with Crippen LogP contribution in [0.25, 0.3) is 22.9 Å². The molecule has 0 fully saturated rings. The summed E-state index contributed by atoms with van der Waals surface area (Å²) in [6.45, 7) is 20.7. The molecule has 0 radical (unpaired) electrons.